The minimum absolute atomic E-state index is 0.0625. The van der Waals surface area contributed by atoms with E-state index in [1.807, 2.05) is 0 Å². The van der Waals surface area contributed by atoms with Gasteiger partial charge < -0.3 is 16.4 Å². The molecule has 0 fully saturated rings. The Morgan fingerprint density at radius 1 is 1.33 bits per heavy atom. The monoisotopic (exact) mass is 174 g/mol. The van der Waals surface area contributed by atoms with Crippen molar-refractivity contribution in [2.45, 2.75) is 18.9 Å². The summed E-state index contributed by atoms with van der Waals surface area (Å²) in [7, 11) is 3.13. The second-order valence-corrected chi connectivity index (χ2v) is 2.52. The van der Waals surface area contributed by atoms with Crippen LogP contribution in [-0.4, -0.2) is 32.0 Å². The zero-order chi connectivity index (χ0) is 9.56. The highest BCUT2D eigenvalue weighted by molar-refractivity contribution is 5.81. The van der Waals surface area contributed by atoms with Gasteiger partial charge in [-0.25, -0.2) is 0 Å². The smallest absolute Gasteiger partial charge is 0.277 e. The molecule has 0 radical (unpaired) electrons. The van der Waals surface area contributed by atoms with E-state index >= 15 is 0 Å². The zero-order valence-electron chi connectivity index (χ0n) is 7.52. The molecule has 5 N–H and O–H groups in total. The van der Waals surface area contributed by atoms with Gasteiger partial charge in [-0.15, -0.1) is 0 Å². The summed E-state index contributed by atoms with van der Waals surface area (Å²) in [5, 5.41) is 4.95. The molecular formula is C7H16N3O2+. The Morgan fingerprint density at radius 3 is 2.33 bits per heavy atom. The van der Waals surface area contributed by atoms with Crippen LogP contribution in [0.1, 0.15) is 12.8 Å². The number of amides is 2. The fourth-order valence-electron chi connectivity index (χ4n) is 0.766. The quantitative estimate of drug-likeness (QED) is 0.454. The minimum Gasteiger partial charge on any atom is -0.359 e. The van der Waals surface area contributed by atoms with Crippen LogP contribution in [0.15, 0.2) is 0 Å². The standard InChI is InChI=1S/C7H15N3O2/c1-9-6(11)4-3-5(8)7(12)10-2/h5H,3-4,8H2,1-2H3,(H,9,11)(H,10,12)/p+1. The normalized spacial score (nSPS) is 11.9. The van der Waals surface area contributed by atoms with Gasteiger partial charge >= 0.3 is 0 Å². The van der Waals surface area contributed by atoms with Crippen LogP contribution < -0.4 is 16.4 Å². The van der Waals surface area contributed by atoms with Crippen LogP contribution in [0.2, 0.25) is 0 Å². The number of hydrogen-bond donors (Lipinski definition) is 3. The maximum absolute atomic E-state index is 10.9. The molecule has 70 valence electrons. The molecule has 1 atom stereocenters. The van der Waals surface area contributed by atoms with Crippen molar-refractivity contribution in [3.63, 3.8) is 0 Å². The van der Waals surface area contributed by atoms with E-state index in [1.54, 1.807) is 14.1 Å². The molecule has 0 aliphatic carbocycles. The van der Waals surface area contributed by atoms with Crippen LogP contribution in [0.3, 0.4) is 0 Å². The molecule has 0 saturated carbocycles. The Bertz CT molecular complexity index is 170. The lowest BCUT2D eigenvalue weighted by Gasteiger charge is -2.05. The number of nitrogens with one attached hydrogen (secondary N) is 2. The Morgan fingerprint density at radius 2 is 1.92 bits per heavy atom. The lowest BCUT2D eigenvalue weighted by Crippen LogP contribution is -2.67. The summed E-state index contributed by atoms with van der Waals surface area (Å²) >= 11 is 0. The van der Waals surface area contributed by atoms with Crippen molar-refractivity contribution in [2.75, 3.05) is 14.1 Å². The SMILES string of the molecule is CNC(=O)CCC([NH3+])C(=O)NC. The average molecular weight is 174 g/mol. The lowest BCUT2D eigenvalue weighted by molar-refractivity contribution is -0.404. The number of quaternary nitrogens is 1. The van der Waals surface area contributed by atoms with Crippen molar-refractivity contribution in [2.24, 2.45) is 0 Å². The molecule has 0 heterocycles. The van der Waals surface area contributed by atoms with E-state index < -0.39 is 0 Å². The highest BCUT2D eigenvalue weighted by Crippen LogP contribution is 1.91. The molecule has 12 heavy (non-hydrogen) atoms. The van der Waals surface area contributed by atoms with Gasteiger partial charge in [0, 0.05) is 26.9 Å². The molecule has 0 aromatic heterocycles. The molecule has 0 rings (SSSR count). The fourth-order valence-corrected chi connectivity index (χ4v) is 0.766. The molecule has 0 aromatic rings. The number of rotatable bonds is 4. The number of likely N-dealkylation sites (N-methyl/N-ethyl adjacent to an activating group) is 1. The minimum atomic E-state index is -0.340. The van der Waals surface area contributed by atoms with E-state index in [2.05, 4.69) is 16.4 Å². The van der Waals surface area contributed by atoms with Crippen LogP contribution in [0.4, 0.5) is 0 Å². The molecule has 0 aromatic carbocycles. The van der Waals surface area contributed by atoms with E-state index in [0.717, 1.165) is 0 Å². The summed E-state index contributed by atoms with van der Waals surface area (Å²) in [4.78, 5) is 21.7. The Balaban J connectivity index is 3.63. The first-order chi connectivity index (χ1) is 5.61. The van der Waals surface area contributed by atoms with Crippen LogP contribution in [0, 0.1) is 0 Å². The van der Waals surface area contributed by atoms with E-state index in [4.69, 9.17) is 0 Å². The second-order valence-electron chi connectivity index (χ2n) is 2.52. The summed E-state index contributed by atoms with van der Waals surface area (Å²) in [5.41, 5.74) is 3.62. The van der Waals surface area contributed by atoms with E-state index in [-0.39, 0.29) is 17.9 Å². The summed E-state index contributed by atoms with van der Waals surface area (Å²) in [6, 6.07) is -0.340. The maximum Gasteiger partial charge on any atom is 0.277 e. The largest absolute Gasteiger partial charge is 0.359 e. The van der Waals surface area contributed by atoms with Crippen molar-refractivity contribution in [1.29, 1.82) is 0 Å². The first-order valence-corrected chi connectivity index (χ1v) is 3.87. The van der Waals surface area contributed by atoms with Gasteiger partial charge in [-0.2, -0.15) is 0 Å². The Hall–Kier alpha value is -1.10. The molecule has 5 nitrogen and oxygen atoms in total. The molecule has 0 aliphatic rings. The number of carbonyl (C=O) groups excluding carboxylic acids is 2. The predicted molar refractivity (Wildman–Crippen MR) is 44.0 cm³/mol. The Kier molecular flexibility index (Phi) is 5.03. The maximum atomic E-state index is 10.9. The third-order valence-corrected chi connectivity index (χ3v) is 1.62. The van der Waals surface area contributed by atoms with Gasteiger partial charge in [0.25, 0.3) is 5.91 Å². The van der Waals surface area contributed by atoms with Crippen LogP contribution in [-0.2, 0) is 9.59 Å². The summed E-state index contributed by atoms with van der Waals surface area (Å²) in [6.45, 7) is 0. The number of carbonyl (C=O) groups is 2. The third-order valence-electron chi connectivity index (χ3n) is 1.62. The van der Waals surface area contributed by atoms with Gasteiger partial charge in [-0.05, 0) is 0 Å². The molecule has 2 amide bonds. The molecular weight excluding hydrogens is 158 g/mol. The fraction of sp³-hybridized carbons (Fsp3) is 0.714. The van der Waals surface area contributed by atoms with Crippen molar-refractivity contribution < 1.29 is 15.3 Å². The molecule has 5 heteroatoms. The zero-order valence-corrected chi connectivity index (χ0v) is 7.52. The van der Waals surface area contributed by atoms with Gasteiger partial charge in [0.1, 0.15) is 0 Å². The van der Waals surface area contributed by atoms with Crippen molar-refractivity contribution in [1.82, 2.24) is 10.6 Å². The summed E-state index contributed by atoms with van der Waals surface area (Å²) < 4.78 is 0. The van der Waals surface area contributed by atoms with Gasteiger partial charge in [-0.1, -0.05) is 0 Å². The van der Waals surface area contributed by atoms with E-state index in [9.17, 15) is 9.59 Å². The van der Waals surface area contributed by atoms with Crippen LogP contribution in [0.25, 0.3) is 0 Å². The van der Waals surface area contributed by atoms with Crippen LogP contribution >= 0.6 is 0 Å². The van der Waals surface area contributed by atoms with Crippen LogP contribution in [0.5, 0.6) is 0 Å². The highest BCUT2D eigenvalue weighted by Gasteiger charge is 2.15. The Labute approximate surface area is 71.7 Å². The second kappa shape index (κ2) is 5.54. The van der Waals surface area contributed by atoms with E-state index in [0.29, 0.717) is 12.8 Å². The first-order valence-electron chi connectivity index (χ1n) is 3.87. The van der Waals surface area contributed by atoms with Crippen molar-refractivity contribution in [3.05, 3.63) is 0 Å². The van der Waals surface area contributed by atoms with Gasteiger partial charge in [0.15, 0.2) is 6.04 Å². The predicted octanol–water partition coefficient (Wildman–Crippen LogP) is -2.13. The van der Waals surface area contributed by atoms with Crippen molar-refractivity contribution >= 4 is 11.8 Å². The molecule has 0 aliphatic heterocycles. The van der Waals surface area contributed by atoms with Gasteiger partial charge in [-0.3, -0.25) is 9.59 Å². The number of hydrogen-bond acceptors (Lipinski definition) is 2. The molecule has 1 unspecified atom stereocenters. The molecule has 0 bridgehead atoms. The lowest BCUT2D eigenvalue weighted by atomic mass is 10.1. The third kappa shape index (κ3) is 3.92. The summed E-state index contributed by atoms with van der Waals surface area (Å²) in [5.74, 6) is -0.188. The molecule has 0 saturated heterocycles. The molecule has 0 spiro atoms. The van der Waals surface area contributed by atoms with Gasteiger partial charge in [0.2, 0.25) is 5.91 Å². The average Bonchev–Trinajstić information content (AvgIpc) is 2.11. The highest BCUT2D eigenvalue weighted by atomic mass is 16.2. The first kappa shape index (κ1) is 10.9. The van der Waals surface area contributed by atoms with Gasteiger partial charge in [0.05, 0.1) is 0 Å². The van der Waals surface area contributed by atoms with Crippen molar-refractivity contribution in [3.8, 4) is 0 Å². The van der Waals surface area contributed by atoms with E-state index in [1.165, 1.54) is 0 Å². The topological polar surface area (TPSA) is 85.8 Å². The summed E-state index contributed by atoms with van der Waals surface area (Å²) in [6.07, 6.45) is 0.831.